The Labute approximate surface area is 175 Å². The Bertz CT molecular complexity index is 985. The van der Waals surface area contributed by atoms with Crippen molar-refractivity contribution in [2.45, 2.75) is 42.8 Å². The average Bonchev–Trinajstić information content (AvgIpc) is 3.32. The zero-order valence-corrected chi connectivity index (χ0v) is 17.1. The van der Waals surface area contributed by atoms with Gasteiger partial charge in [0.15, 0.2) is 11.5 Å². The molecule has 5 rings (SSSR count). The highest BCUT2D eigenvalue weighted by atomic mass is 79.9. The van der Waals surface area contributed by atoms with Gasteiger partial charge in [-0.05, 0) is 49.1 Å². The number of carbonyl (C=O) groups excluding carboxylic acids is 2. The number of alkyl halides is 1. The number of furan rings is 1. The maximum absolute atomic E-state index is 13.5. The van der Waals surface area contributed by atoms with Gasteiger partial charge in [0.25, 0.3) is 5.91 Å². The van der Waals surface area contributed by atoms with Crippen molar-refractivity contribution in [3.8, 4) is 0 Å². The van der Waals surface area contributed by atoms with Gasteiger partial charge >= 0.3 is 0 Å². The van der Waals surface area contributed by atoms with E-state index in [4.69, 9.17) is 9.15 Å². The molecule has 1 amide bonds. The van der Waals surface area contributed by atoms with Crippen LogP contribution in [0.3, 0.4) is 0 Å². The van der Waals surface area contributed by atoms with Gasteiger partial charge in [-0.2, -0.15) is 0 Å². The van der Waals surface area contributed by atoms with E-state index in [9.17, 15) is 14.0 Å². The summed E-state index contributed by atoms with van der Waals surface area (Å²) < 4.78 is 25.1. The fourth-order valence-corrected chi connectivity index (χ4v) is 5.26. The minimum atomic E-state index is -0.618. The van der Waals surface area contributed by atoms with Gasteiger partial charge in [-0.3, -0.25) is 9.59 Å². The zero-order valence-electron chi connectivity index (χ0n) is 15.5. The lowest BCUT2D eigenvalue weighted by atomic mass is 9.77. The second-order valence-corrected chi connectivity index (χ2v) is 9.04. The number of carbonyl (C=O) groups is 2. The van der Waals surface area contributed by atoms with Crippen LogP contribution >= 0.6 is 15.9 Å². The number of hydrogen-bond donors (Lipinski definition) is 0. The highest BCUT2D eigenvalue weighted by molar-refractivity contribution is 9.09. The number of halogens is 2. The van der Waals surface area contributed by atoms with Crippen molar-refractivity contribution in [3.63, 3.8) is 0 Å². The predicted molar refractivity (Wildman–Crippen MR) is 105 cm³/mol. The molecule has 7 heteroatoms. The van der Waals surface area contributed by atoms with E-state index < -0.39 is 6.04 Å². The molecule has 0 saturated heterocycles. The van der Waals surface area contributed by atoms with Gasteiger partial charge in [0, 0.05) is 4.83 Å². The van der Waals surface area contributed by atoms with Crippen molar-refractivity contribution >= 4 is 27.6 Å². The van der Waals surface area contributed by atoms with Crippen LogP contribution in [0.25, 0.3) is 0 Å². The molecular formula is C22H19BrFNO4. The molecule has 0 bridgehead atoms. The van der Waals surface area contributed by atoms with Gasteiger partial charge in [0.2, 0.25) is 0 Å². The molecule has 4 atom stereocenters. The topological polar surface area (TPSA) is 59.8 Å². The maximum atomic E-state index is 13.5. The summed E-state index contributed by atoms with van der Waals surface area (Å²) in [4.78, 5) is 28.6. The van der Waals surface area contributed by atoms with Gasteiger partial charge in [-0.25, -0.2) is 4.39 Å². The molecule has 0 spiro atoms. The van der Waals surface area contributed by atoms with Crippen molar-refractivity contribution in [2.24, 2.45) is 5.92 Å². The van der Waals surface area contributed by atoms with Crippen LogP contribution in [-0.2, 0) is 20.9 Å². The lowest BCUT2D eigenvalue weighted by Crippen LogP contribution is -2.41. The second-order valence-electron chi connectivity index (χ2n) is 7.75. The van der Waals surface area contributed by atoms with Crippen LogP contribution < -0.4 is 0 Å². The van der Waals surface area contributed by atoms with Crippen molar-refractivity contribution in [2.75, 3.05) is 0 Å². The van der Waals surface area contributed by atoms with E-state index in [0.717, 1.165) is 12.8 Å². The Morgan fingerprint density at radius 2 is 1.93 bits per heavy atom. The number of Topliss-reactive ketones (excluding diaryl/α,β-unsaturated/α-hetero) is 1. The molecule has 2 aliphatic heterocycles. The van der Waals surface area contributed by atoms with Crippen LogP contribution in [0.4, 0.5) is 4.39 Å². The molecule has 1 saturated carbocycles. The number of benzene rings is 1. The molecule has 0 radical (unpaired) electrons. The first-order valence-electron chi connectivity index (χ1n) is 9.71. The second kappa shape index (κ2) is 7.13. The summed E-state index contributed by atoms with van der Waals surface area (Å²) in [5.74, 6) is -0.249. The third-order valence-electron chi connectivity index (χ3n) is 5.97. The van der Waals surface area contributed by atoms with Crippen LogP contribution in [0, 0.1) is 11.7 Å². The number of ether oxygens (including phenoxy) is 1. The molecule has 4 unspecified atom stereocenters. The molecule has 29 heavy (non-hydrogen) atoms. The number of amides is 1. The molecule has 1 aromatic carbocycles. The molecular weight excluding hydrogens is 441 g/mol. The summed E-state index contributed by atoms with van der Waals surface area (Å²) >= 11 is 3.63. The molecule has 0 N–H and O–H groups in total. The summed E-state index contributed by atoms with van der Waals surface area (Å²) in [5.41, 5.74) is 1.06. The van der Waals surface area contributed by atoms with E-state index in [1.165, 1.54) is 12.1 Å². The van der Waals surface area contributed by atoms with E-state index in [1.807, 2.05) is 0 Å². The Hall–Kier alpha value is -2.41. The fraction of sp³-hybridized carbons (Fsp3) is 0.364. The van der Waals surface area contributed by atoms with E-state index >= 15 is 0 Å². The van der Waals surface area contributed by atoms with Crippen molar-refractivity contribution in [1.29, 1.82) is 0 Å². The highest BCUT2D eigenvalue weighted by Gasteiger charge is 2.52. The smallest absolute Gasteiger partial charge is 0.290 e. The third-order valence-corrected chi connectivity index (χ3v) is 6.80. The predicted octanol–water partition coefficient (Wildman–Crippen LogP) is 4.29. The Kier molecular flexibility index (Phi) is 4.57. The third kappa shape index (κ3) is 3.12. The number of ketones is 1. The molecule has 1 fully saturated rings. The van der Waals surface area contributed by atoms with E-state index in [2.05, 4.69) is 15.9 Å². The van der Waals surface area contributed by atoms with Crippen LogP contribution in [0.15, 0.2) is 58.4 Å². The van der Waals surface area contributed by atoms with Gasteiger partial charge < -0.3 is 14.1 Å². The standard InChI is InChI=1S/C22H19BrFNO4/c23-13-5-8-17-16(10-13)20(26)18-19(12-3-6-14(24)7-4-12)25(22(27)21(18)29-17)11-15-2-1-9-28-15/h1-4,6-7,9,13,16-17,19H,5,8,10-11H2. The van der Waals surface area contributed by atoms with Crippen LogP contribution in [0.1, 0.15) is 36.6 Å². The Morgan fingerprint density at radius 3 is 2.66 bits per heavy atom. The van der Waals surface area contributed by atoms with Gasteiger partial charge in [-0.15, -0.1) is 0 Å². The lowest BCUT2D eigenvalue weighted by molar-refractivity contribution is -0.135. The van der Waals surface area contributed by atoms with Crippen molar-refractivity contribution in [3.05, 3.63) is 71.1 Å². The van der Waals surface area contributed by atoms with Gasteiger partial charge in [-0.1, -0.05) is 28.1 Å². The average molecular weight is 460 g/mol. The first-order chi connectivity index (χ1) is 14.0. The van der Waals surface area contributed by atoms with Crippen LogP contribution in [-0.4, -0.2) is 27.5 Å². The molecule has 150 valence electrons. The normalized spacial score (nSPS) is 29.0. The summed E-state index contributed by atoms with van der Waals surface area (Å²) in [6.07, 6.45) is 3.60. The molecule has 1 aliphatic carbocycles. The largest absolute Gasteiger partial charge is 0.483 e. The van der Waals surface area contributed by atoms with Crippen molar-refractivity contribution in [1.82, 2.24) is 4.90 Å². The SMILES string of the molecule is O=C1C2=C(OC3CCC(Br)CC13)C(=O)N(Cc1ccco1)C2c1ccc(F)cc1. The molecule has 3 heterocycles. The molecule has 1 aromatic heterocycles. The lowest BCUT2D eigenvalue weighted by Gasteiger charge is -2.37. The summed E-state index contributed by atoms with van der Waals surface area (Å²) in [6.45, 7) is 0.202. The summed E-state index contributed by atoms with van der Waals surface area (Å²) in [7, 11) is 0. The zero-order chi connectivity index (χ0) is 20.1. The molecule has 5 nitrogen and oxygen atoms in total. The summed E-state index contributed by atoms with van der Waals surface area (Å²) in [5, 5.41) is 0. The first kappa shape index (κ1) is 18.6. The molecule has 3 aliphatic rings. The minimum absolute atomic E-state index is 0.0370. The number of hydrogen-bond acceptors (Lipinski definition) is 4. The number of nitrogens with zero attached hydrogens (tertiary/aromatic N) is 1. The van der Waals surface area contributed by atoms with Crippen LogP contribution in [0.2, 0.25) is 0 Å². The van der Waals surface area contributed by atoms with Gasteiger partial charge in [0.1, 0.15) is 17.7 Å². The van der Waals surface area contributed by atoms with Crippen LogP contribution in [0.5, 0.6) is 0 Å². The Morgan fingerprint density at radius 1 is 1.14 bits per heavy atom. The van der Waals surface area contributed by atoms with Gasteiger partial charge in [0.05, 0.1) is 30.3 Å². The van der Waals surface area contributed by atoms with E-state index in [0.29, 0.717) is 23.3 Å². The fourth-order valence-electron chi connectivity index (χ4n) is 4.59. The number of fused-ring (bicyclic) bond motifs is 1. The van der Waals surface area contributed by atoms with Crippen molar-refractivity contribution < 1.29 is 23.1 Å². The first-order valence-corrected chi connectivity index (χ1v) is 10.6. The maximum Gasteiger partial charge on any atom is 0.290 e. The quantitative estimate of drug-likeness (QED) is 0.642. The Balaban J connectivity index is 1.58. The van der Waals surface area contributed by atoms with E-state index in [1.54, 1.807) is 35.4 Å². The minimum Gasteiger partial charge on any atom is -0.483 e. The highest BCUT2D eigenvalue weighted by Crippen LogP contribution is 2.47. The summed E-state index contributed by atoms with van der Waals surface area (Å²) in [6, 6.07) is 8.84. The monoisotopic (exact) mass is 459 g/mol. The molecule has 2 aromatic rings. The van der Waals surface area contributed by atoms with E-state index in [-0.39, 0.29) is 46.7 Å². The number of rotatable bonds is 3.